The van der Waals surface area contributed by atoms with Gasteiger partial charge in [-0.2, -0.15) is 0 Å². The first-order valence-corrected chi connectivity index (χ1v) is 10.5. The van der Waals surface area contributed by atoms with E-state index < -0.39 is 0 Å². The smallest absolute Gasteiger partial charge is 0.227 e. The van der Waals surface area contributed by atoms with Crippen LogP contribution in [0.3, 0.4) is 0 Å². The van der Waals surface area contributed by atoms with Gasteiger partial charge in [0.2, 0.25) is 5.91 Å². The highest BCUT2D eigenvalue weighted by atomic mass is 32.2. The normalized spacial score (nSPS) is 20.3. The fourth-order valence-corrected chi connectivity index (χ4v) is 5.75. The van der Waals surface area contributed by atoms with Crippen LogP contribution in [0.25, 0.3) is 15.9 Å². The van der Waals surface area contributed by atoms with Crippen LogP contribution in [0, 0.1) is 5.92 Å². The number of carbonyl (C=O) groups is 1. The van der Waals surface area contributed by atoms with E-state index in [9.17, 15) is 4.79 Å². The molecule has 8 heteroatoms. The summed E-state index contributed by atoms with van der Waals surface area (Å²) in [7, 11) is 0. The van der Waals surface area contributed by atoms with E-state index in [2.05, 4.69) is 21.5 Å². The largest absolute Gasteiger partial charge is 0.369 e. The molecule has 6 nitrogen and oxygen atoms in total. The second kappa shape index (κ2) is 5.67. The van der Waals surface area contributed by atoms with Gasteiger partial charge in [-0.05, 0) is 43.6 Å². The van der Waals surface area contributed by atoms with Crippen molar-refractivity contribution in [3.8, 4) is 0 Å². The Morgan fingerprint density at radius 1 is 1.36 bits per heavy atom. The molecule has 25 heavy (non-hydrogen) atoms. The topological polar surface area (TPSA) is 86.2 Å². The SMILES string of the molecule is C[C@H]1CCc2c(sc3nc(C4CC4)n4c(SCC(N)=O)nnc4c23)C1. The molecule has 1 saturated carbocycles. The maximum Gasteiger partial charge on any atom is 0.227 e. The van der Waals surface area contributed by atoms with Crippen molar-refractivity contribution in [1.82, 2.24) is 19.6 Å². The Morgan fingerprint density at radius 3 is 2.96 bits per heavy atom. The summed E-state index contributed by atoms with van der Waals surface area (Å²) < 4.78 is 2.08. The van der Waals surface area contributed by atoms with E-state index in [1.807, 2.05) is 11.3 Å². The molecule has 0 saturated heterocycles. The molecule has 0 unspecified atom stereocenters. The van der Waals surface area contributed by atoms with Crippen LogP contribution in [-0.2, 0) is 17.6 Å². The fraction of sp³-hybridized carbons (Fsp3) is 0.529. The van der Waals surface area contributed by atoms with Crippen molar-refractivity contribution in [1.29, 1.82) is 0 Å². The van der Waals surface area contributed by atoms with Crippen LogP contribution < -0.4 is 5.73 Å². The molecule has 130 valence electrons. The van der Waals surface area contributed by atoms with Gasteiger partial charge in [-0.15, -0.1) is 21.5 Å². The lowest BCUT2D eigenvalue weighted by atomic mass is 9.89. The van der Waals surface area contributed by atoms with Gasteiger partial charge in [-0.1, -0.05) is 18.7 Å². The number of hydrogen-bond donors (Lipinski definition) is 1. The number of primary amides is 1. The number of thioether (sulfide) groups is 1. The van der Waals surface area contributed by atoms with Gasteiger partial charge in [-0.3, -0.25) is 9.20 Å². The summed E-state index contributed by atoms with van der Waals surface area (Å²) in [4.78, 5) is 18.8. The summed E-state index contributed by atoms with van der Waals surface area (Å²) in [6, 6.07) is 0. The minimum atomic E-state index is -0.342. The number of rotatable bonds is 4. The average molecular weight is 374 g/mol. The van der Waals surface area contributed by atoms with Crippen molar-refractivity contribution in [2.75, 3.05) is 5.75 Å². The number of nitrogens with two attached hydrogens (primary N) is 1. The lowest BCUT2D eigenvalue weighted by molar-refractivity contribution is -0.115. The Hall–Kier alpha value is -1.67. The summed E-state index contributed by atoms with van der Waals surface area (Å²) in [5.74, 6) is 2.13. The highest BCUT2D eigenvalue weighted by molar-refractivity contribution is 7.99. The zero-order valence-electron chi connectivity index (χ0n) is 14.0. The molecule has 1 atom stereocenters. The molecule has 1 amide bonds. The third kappa shape index (κ3) is 2.54. The van der Waals surface area contributed by atoms with Crippen molar-refractivity contribution in [2.45, 2.75) is 50.1 Å². The molecule has 0 aliphatic heterocycles. The Labute approximate surface area is 153 Å². The lowest BCUT2D eigenvalue weighted by Crippen LogP contribution is -2.13. The number of aromatic nitrogens is 4. The first-order chi connectivity index (χ1) is 12.1. The van der Waals surface area contributed by atoms with Crippen LogP contribution in [0.4, 0.5) is 0 Å². The molecule has 3 aromatic heterocycles. The van der Waals surface area contributed by atoms with Gasteiger partial charge in [0.15, 0.2) is 10.8 Å². The van der Waals surface area contributed by atoms with Crippen LogP contribution in [0.2, 0.25) is 0 Å². The third-order valence-corrected chi connectivity index (χ3v) is 7.18. The van der Waals surface area contributed by atoms with E-state index in [-0.39, 0.29) is 11.7 Å². The molecular formula is C17H19N5OS2. The maximum absolute atomic E-state index is 11.2. The molecule has 1 fully saturated rings. The van der Waals surface area contributed by atoms with E-state index in [1.54, 1.807) is 0 Å². The number of thiophene rings is 1. The molecule has 2 aliphatic rings. The molecule has 2 N–H and O–H groups in total. The van der Waals surface area contributed by atoms with E-state index >= 15 is 0 Å². The van der Waals surface area contributed by atoms with Crippen LogP contribution in [0.1, 0.15) is 48.4 Å². The molecule has 0 bridgehead atoms. The van der Waals surface area contributed by atoms with Crippen LogP contribution in [-0.4, -0.2) is 31.2 Å². The first-order valence-electron chi connectivity index (χ1n) is 8.72. The maximum atomic E-state index is 11.2. The van der Waals surface area contributed by atoms with Crippen LogP contribution in [0.15, 0.2) is 5.16 Å². The van der Waals surface area contributed by atoms with E-state index in [0.717, 1.165) is 53.1 Å². The van der Waals surface area contributed by atoms with Gasteiger partial charge < -0.3 is 5.73 Å². The molecule has 5 rings (SSSR count). The minimum Gasteiger partial charge on any atom is -0.369 e. The Balaban J connectivity index is 1.75. The predicted molar refractivity (Wildman–Crippen MR) is 99.2 cm³/mol. The monoisotopic (exact) mass is 373 g/mol. The number of amides is 1. The third-order valence-electron chi connectivity index (χ3n) is 5.08. The summed E-state index contributed by atoms with van der Waals surface area (Å²) in [6.45, 7) is 2.32. The van der Waals surface area contributed by atoms with E-state index in [4.69, 9.17) is 10.7 Å². The number of carbonyl (C=O) groups excluding carboxylic acids is 1. The zero-order valence-corrected chi connectivity index (χ0v) is 15.6. The number of fused-ring (bicyclic) bond motifs is 5. The molecule has 0 radical (unpaired) electrons. The van der Waals surface area contributed by atoms with Gasteiger partial charge in [0.1, 0.15) is 10.7 Å². The molecule has 2 aliphatic carbocycles. The van der Waals surface area contributed by atoms with Crippen LogP contribution in [0.5, 0.6) is 0 Å². The molecule has 0 spiro atoms. The van der Waals surface area contributed by atoms with Gasteiger partial charge >= 0.3 is 0 Å². The zero-order chi connectivity index (χ0) is 17.1. The van der Waals surface area contributed by atoms with Crippen molar-refractivity contribution < 1.29 is 4.79 Å². The van der Waals surface area contributed by atoms with Gasteiger partial charge in [0.05, 0.1) is 11.1 Å². The molecule has 0 aromatic carbocycles. The van der Waals surface area contributed by atoms with Crippen molar-refractivity contribution >= 4 is 44.9 Å². The predicted octanol–water partition coefficient (Wildman–Crippen LogP) is 2.92. The Bertz CT molecular complexity index is 1000. The first kappa shape index (κ1) is 15.6. The molecule has 3 heterocycles. The highest BCUT2D eigenvalue weighted by Crippen LogP contribution is 2.44. The standard InChI is InChI=1S/C17H19N5OS2/c1-8-2-5-10-11(6-8)25-16-13(10)15-20-21-17(24-7-12(18)23)22(15)14(19-16)9-3-4-9/h8-9H,2-7H2,1H3,(H2,18,23)/t8-/m0/s1. The van der Waals surface area contributed by atoms with Gasteiger partial charge in [-0.25, -0.2) is 4.98 Å². The van der Waals surface area contributed by atoms with E-state index in [0.29, 0.717) is 5.92 Å². The van der Waals surface area contributed by atoms with Crippen molar-refractivity contribution in [3.05, 3.63) is 16.3 Å². The lowest BCUT2D eigenvalue weighted by Gasteiger charge is -2.17. The van der Waals surface area contributed by atoms with Crippen LogP contribution >= 0.6 is 23.1 Å². The van der Waals surface area contributed by atoms with Crippen molar-refractivity contribution in [2.24, 2.45) is 11.7 Å². The summed E-state index contributed by atoms with van der Waals surface area (Å²) >= 11 is 3.18. The molecule has 3 aromatic rings. The van der Waals surface area contributed by atoms with Gasteiger partial charge in [0.25, 0.3) is 0 Å². The van der Waals surface area contributed by atoms with Crippen molar-refractivity contribution in [3.63, 3.8) is 0 Å². The molecular weight excluding hydrogens is 354 g/mol. The summed E-state index contributed by atoms with van der Waals surface area (Å²) in [6.07, 6.45) is 5.76. The highest BCUT2D eigenvalue weighted by Gasteiger charge is 2.32. The Kier molecular flexibility index (Phi) is 3.53. The second-order valence-corrected chi connectivity index (χ2v) is 9.20. The quantitative estimate of drug-likeness (QED) is 0.711. The minimum absolute atomic E-state index is 0.211. The van der Waals surface area contributed by atoms with Gasteiger partial charge in [0, 0.05) is 10.8 Å². The second-order valence-electron chi connectivity index (χ2n) is 7.17. The summed E-state index contributed by atoms with van der Waals surface area (Å²) in [5.41, 5.74) is 7.63. The Morgan fingerprint density at radius 2 is 2.20 bits per heavy atom. The number of nitrogens with zero attached hydrogens (tertiary/aromatic N) is 4. The number of hydrogen-bond acceptors (Lipinski definition) is 6. The summed E-state index contributed by atoms with van der Waals surface area (Å²) in [5, 5.41) is 10.8. The number of aryl methyl sites for hydroxylation is 1. The fourth-order valence-electron chi connectivity index (χ4n) is 3.68. The van der Waals surface area contributed by atoms with E-state index in [1.165, 1.54) is 34.0 Å². The average Bonchev–Trinajstić information content (AvgIpc) is 3.23.